The topological polar surface area (TPSA) is 140 Å². The molecule has 3 aromatic rings. The smallest absolute Gasteiger partial charge is 0.370 e. The van der Waals surface area contributed by atoms with Crippen LogP contribution in [-0.4, -0.2) is 101 Å². The Kier molecular flexibility index (Phi) is 10.5. The van der Waals surface area contributed by atoms with E-state index >= 15 is 0 Å². The van der Waals surface area contributed by atoms with Crippen molar-refractivity contribution in [1.29, 1.82) is 0 Å². The largest absolute Gasteiger partial charge is 0.399 e. The molecule has 3 N–H and O–H groups in total. The van der Waals surface area contributed by atoms with E-state index in [0.717, 1.165) is 55.0 Å². The zero-order valence-electron chi connectivity index (χ0n) is 27.2. The number of morpholine rings is 1. The number of carbonyl (C=O) groups excluding carboxylic acids is 3. The summed E-state index contributed by atoms with van der Waals surface area (Å²) in [6.45, 7) is 3.30. The Labute approximate surface area is 287 Å². The highest BCUT2D eigenvalue weighted by Crippen LogP contribution is 2.59. The predicted octanol–water partition coefficient (Wildman–Crippen LogP) is 4.55. The van der Waals surface area contributed by atoms with Crippen LogP contribution in [0.25, 0.3) is 10.1 Å². The minimum atomic E-state index is -5.77. The van der Waals surface area contributed by atoms with Crippen LogP contribution in [-0.2, 0) is 24.6 Å². The van der Waals surface area contributed by atoms with E-state index in [1.165, 1.54) is 12.1 Å². The summed E-state index contributed by atoms with van der Waals surface area (Å²) in [5.74, 6) is -0.836. The van der Waals surface area contributed by atoms with Gasteiger partial charge in [-0.25, -0.2) is 0 Å². The molecular weight excluding hydrogens is 677 g/mol. The summed E-state index contributed by atoms with van der Waals surface area (Å²) < 4.78 is 46.7. The highest BCUT2D eigenvalue weighted by molar-refractivity contribution is 7.52. The Hall–Kier alpha value is -3.26. The summed E-state index contributed by atoms with van der Waals surface area (Å²) in [5, 5.41) is 3.14. The Morgan fingerprint density at radius 2 is 1.78 bits per heavy atom. The molecule has 15 heteroatoms. The number of rotatable bonds is 9. The molecule has 0 radical (unpaired) electrons. The van der Waals surface area contributed by atoms with Gasteiger partial charge in [-0.15, -0.1) is 11.3 Å². The highest BCUT2D eigenvalue weighted by atomic mass is 32.1. The predicted molar refractivity (Wildman–Crippen MR) is 180 cm³/mol. The minimum Gasteiger partial charge on any atom is -0.370 e. The SMILES string of the molecule is CN1CCC(CC(NC(=O)c2cc3cc(C(F)(F)P(=O)(O)O)ccc3s2)C(=O)N2CCCC2C(=O)N2CCOC(c3ccccc3)C2)CC1. The third kappa shape index (κ3) is 7.74. The number of nitrogens with one attached hydrogen (secondary N) is 1. The van der Waals surface area contributed by atoms with Crippen LogP contribution in [0.4, 0.5) is 8.78 Å². The molecule has 11 nitrogen and oxygen atoms in total. The van der Waals surface area contributed by atoms with Crippen LogP contribution in [0.15, 0.2) is 54.6 Å². The average Bonchev–Trinajstić information content (AvgIpc) is 3.76. The van der Waals surface area contributed by atoms with Crippen molar-refractivity contribution < 1.29 is 42.3 Å². The number of benzene rings is 2. The molecule has 3 atom stereocenters. The van der Waals surface area contributed by atoms with Crippen LogP contribution in [0.3, 0.4) is 0 Å². The number of ether oxygens (including phenoxy) is 1. The van der Waals surface area contributed by atoms with Crippen molar-refractivity contribution in [1.82, 2.24) is 20.0 Å². The van der Waals surface area contributed by atoms with Crippen LogP contribution >= 0.6 is 18.9 Å². The van der Waals surface area contributed by atoms with E-state index in [9.17, 15) is 37.5 Å². The molecule has 49 heavy (non-hydrogen) atoms. The van der Waals surface area contributed by atoms with E-state index in [0.29, 0.717) is 50.2 Å². The molecule has 0 spiro atoms. The molecule has 3 saturated heterocycles. The van der Waals surface area contributed by atoms with Gasteiger partial charge in [0.15, 0.2) is 0 Å². The van der Waals surface area contributed by atoms with Gasteiger partial charge in [0.25, 0.3) is 5.91 Å². The van der Waals surface area contributed by atoms with Crippen LogP contribution < -0.4 is 5.32 Å². The normalized spacial score (nSPS) is 22.0. The van der Waals surface area contributed by atoms with Crippen molar-refractivity contribution in [2.75, 3.05) is 46.4 Å². The number of piperidine rings is 1. The van der Waals surface area contributed by atoms with Crippen LogP contribution in [0.2, 0.25) is 0 Å². The monoisotopic (exact) mass is 718 g/mol. The van der Waals surface area contributed by atoms with Gasteiger partial charge in [-0.1, -0.05) is 36.4 Å². The number of fused-ring (bicyclic) bond motifs is 1. The number of alkyl halides is 2. The fourth-order valence-corrected chi connectivity index (χ4v) is 8.43. The molecule has 3 amide bonds. The summed E-state index contributed by atoms with van der Waals surface area (Å²) in [7, 11) is -3.73. The van der Waals surface area contributed by atoms with E-state index < -0.39 is 36.8 Å². The van der Waals surface area contributed by atoms with Gasteiger partial charge in [-0.3, -0.25) is 18.9 Å². The van der Waals surface area contributed by atoms with Gasteiger partial charge in [-0.05, 0) is 87.3 Å². The zero-order chi connectivity index (χ0) is 34.9. The van der Waals surface area contributed by atoms with Crippen LogP contribution in [0.1, 0.15) is 59.0 Å². The second-order valence-electron chi connectivity index (χ2n) is 13.2. The first-order valence-electron chi connectivity index (χ1n) is 16.5. The van der Waals surface area contributed by atoms with Gasteiger partial charge in [0, 0.05) is 23.4 Å². The number of halogens is 2. The van der Waals surface area contributed by atoms with E-state index in [-0.39, 0.29) is 34.1 Å². The van der Waals surface area contributed by atoms with Crippen molar-refractivity contribution in [3.05, 3.63) is 70.6 Å². The second kappa shape index (κ2) is 14.5. The molecule has 264 valence electrons. The Bertz CT molecular complexity index is 1730. The van der Waals surface area contributed by atoms with Gasteiger partial charge in [0.1, 0.15) is 18.2 Å². The third-order valence-corrected chi connectivity index (χ3v) is 11.9. The van der Waals surface area contributed by atoms with Gasteiger partial charge in [0.2, 0.25) is 11.8 Å². The third-order valence-electron chi connectivity index (χ3n) is 9.83. The number of hydrogen-bond donors (Lipinski definition) is 3. The molecule has 3 aliphatic heterocycles. The summed E-state index contributed by atoms with van der Waals surface area (Å²) in [6.07, 6.45) is 3.01. The van der Waals surface area contributed by atoms with Gasteiger partial charge in [0.05, 0.1) is 18.0 Å². The maximum absolute atomic E-state index is 14.4. The summed E-state index contributed by atoms with van der Waals surface area (Å²) in [6, 6.07) is 12.7. The second-order valence-corrected chi connectivity index (χ2v) is 15.9. The molecule has 0 bridgehead atoms. The number of amides is 3. The lowest BCUT2D eigenvalue weighted by Crippen LogP contribution is -2.56. The lowest BCUT2D eigenvalue weighted by molar-refractivity contribution is -0.149. The van der Waals surface area contributed by atoms with Crippen molar-refractivity contribution in [3.63, 3.8) is 0 Å². The first-order chi connectivity index (χ1) is 23.3. The molecule has 1 aromatic heterocycles. The van der Waals surface area contributed by atoms with Crippen LogP contribution in [0.5, 0.6) is 0 Å². The van der Waals surface area contributed by atoms with E-state index in [4.69, 9.17) is 4.74 Å². The number of hydrogen-bond acceptors (Lipinski definition) is 7. The number of thiophene rings is 1. The summed E-state index contributed by atoms with van der Waals surface area (Å²) in [4.78, 5) is 66.0. The van der Waals surface area contributed by atoms with E-state index in [1.54, 1.807) is 9.80 Å². The van der Waals surface area contributed by atoms with Crippen molar-refractivity contribution in [2.24, 2.45) is 5.92 Å². The van der Waals surface area contributed by atoms with E-state index in [1.807, 2.05) is 37.4 Å². The summed E-state index contributed by atoms with van der Waals surface area (Å²) in [5.41, 5.74) is -4.26. The fourth-order valence-electron chi connectivity index (χ4n) is 7.01. The molecular formula is C34H41F2N4O7PS. The first-order valence-corrected chi connectivity index (χ1v) is 19.0. The standard InChI is InChI=1S/C34H41F2N4O7PS/c1-38-14-11-22(12-15-38)18-26(37-31(41)30-20-24-19-25(9-10-29(24)49-30)34(35,36)48(44,45)46)32(42)40-13-5-8-27(40)33(43)39-16-17-47-28(21-39)23-6-3-2-4-7-23/h2-4,6-7,9-10,19-20,22,26-28H,5,8,11-18,21H2,1H3,(H,37,41)(H2,44,45,46). The first kappa shape index (κ1) is 35.6. The Morgan fingerprint density at radius 1 is 1.04 bits per heavy atom. The maximum Gasteiger partial charge on any atom is 0.399 e. The quantitative estimate of drug-likeness (QED) is 0.274. The Balaban J connectivity index is 1.20. The minimum absolute atomic E-state index is 0.133. The van der Waals surface area contributed by atoms with Gasteiger partial charge in [-0.2, -0.15) is 8.78 Å². The molecule has 4 heterocycles. The Morgan fingerprint density at radius 3 is 2.49 bits per heavy atom. The molecule has 3 unspecified atom stereocenters. The van der Waals surface area contributed by atoms with Gasteiger partial charge >= 0.3 is 13.3 Å². The number of nitrogens with zero attached hydrogens (tertiary/aromatic N) is 3. The zero-order valence-corrected chi connectivity index (χ0v) is 28.9. The van der Waals surface area contributed by atoms with Crippen LogP contribution in [0, 0.1) is 5.92 Å². The molecule has 6 rings (SSSR count). The average molecular weight is 719 g/mol. The molecule has 3 fully saturated rings. The summed E-state index contributed by atoms with van der Waals surface area (Å²) >= 11 is 1.03. The lowest BCUT2D eigenvalue weighted by atomic mass is 9.89. The molecule has 0 saturated carbocycles. The highest BCUT2D eigenvalue weighted by Gasteiger charge is 2.50. The van der Waals surface area contributed by atoms with Crippen molar-refractivity contribution >= 4 is 46.7 Å². The van der Waals surface area contributed by atoms with E-state index in [2.05, 4.69) is 10.2 Å². The molecule has 2 aromatic carbocycles. The number of likely N-dealkylation sites (tertiary alicyclic amines) is 2. The molecule has 3 aliphatic rings. The maximum atomic E-state index is 14.4. The van der Waals surface area contributed by atoms with Gasteiger partial charge < -0.3 is 34.5 Å². The lowest BCUT2D eigenvalue weighted by Gasteiger charge is -2.37. The molecule has 0 aliphatic carbocycles. The van der Waals surface area contributed by atoms with Crippen molar-refractivity contribution in [3.8, 4) is 0 Å². The fraction of sp³-hybridized carbons (Fsp3) is 0.500. The number of carbonyl (C=O) groups is 3. The van der Waals surface area contributed by atoms with Crippen molar-refractivity contribution in [2.45, 2.75) is 56.0 Å².